The van der Waals surface area contributed by atoms with Crippen molar-refractivity contribution < 1.29 is 9.59 Å². The highest BCUT2D eigenvalue weighted by Crippen LogP contribution is 2.16. The molecule has 0 saturated carbocycles. The molecule has 128 valence electrons. The number of nitrogens with zero attached hydrogens (tertiary/aromatic N) is 2. The standard InChI is InChI=1S/C19H20N4O2/c20-19-17(5-2-8-21-19)22-11-14-4-1-3-13(9-14)10-18(25)16-7-6-15(24)12-23-16/h1-5,8-9,22H,6-7,10-12H2,(H2,20,21). The number of nitrogen functional groups attached to an aromatic ring is 1. The Balaban J connectivity index is 1.62. The van der Waals surface area contributed by atoms with Crippen molar-refractivity contribution in [2.45, 2.75) is 25.8 Å². The van der Waals surface area contributed by atoms with Crippen LogP contribution >= 0.6 is 0 Å². The predicted octanol–water partition coefficient (Wildman–Crippen LogP) is 2.19. The van der Waals surface area contributed by atoms with E-state index in [2.05, 4.69) is 15.3 Å². The van der Waals surface area contributed by atoms with Gasteiger partial charge in [0.15, 0.2) is 11.6 Å². The fraction of sp³-hybridized carbons (Fsp3) is 0.263. The van der Waals surface area contributed by atoms with Gasteiger partial charge in [0.2, 0.25) is 0 Å². The molecule has 0 unspecified atom stereocenters. The number of aliphatic imine (C=N–C) groups is 1. The van der Waals surface area contributed by atoms with Crippen molar-refractivity contribution in [2.75, 3.05) is 17.6 Å². The van der Waals surface area contributed by atoms with Crippen molar-refractivity contribution in [1.82, 2.24) is 4.98 Å². The number of carbonyl (C=O) groups excluding carboxylic acids is 2. The fourth-order valence-electron chi connectivity index (χ4n) is 2.73. The van der Waals surface area contributed by atoms with Crippen LogP contribution in [0.25, 0.3) is 0 Å². The van der Waals surface area contributed by atoms with Crippen LogP contribution < -0.4 is 11.1 Å². The summed E-state index contributed by atoms with van der Waals surface area (Å²) in [5, 5.41) is 3.24. The molecule has 0 radical (unpaired) electrons. The Labute approximate surface area is 146 Å². The number of benzene rings is 1. The topological polar surface area (TPSA) is 97.4 Å². The average Bonchev–Trinajstić information content (AvgIpc) is 2.62. The molecule has 3 rings (SSSR count). The number of carbonyl (C=O) groups is 2. The normalized spacial score (nSPS) is 14.1. The summed E-state index contributed by atoms with van der Waals surface area (Å²) in [6.07, 6.45) is 2.82. The van der Waals surface area contributed by atoms with Crippen molar-refractivity contribution in [3.63, 3.8) is 0 Å². The van der Waals surface area contributed by atoms with Gasteiger partial charge in [-0.05, 0) is 29.7 Å². The summed E-state index contributed by atoms with van der Waals surface area (Å²) in [5.74, 6) is 0.548. The van der Waals surface area contributed by atoms with Crippen molar-refractivity contribution in [3.05, 3.63) is 53.7 Å². The average molecular weight is 336 g/mol. The maximum absolute atomic E-state index is 12.3. The van der Waals surface area contributed by atoms with Crippen molar-refractivity contribution in [1.29, 1.82) is 0 Å². The summed E-state index contributed by atoms with van der Waals surface area (Å²) in [4.78, 5) is 31.7. The van der Waals surface area contributed by atoms with Crippen LogP contribution in [0.2, 0.25) is 0 Å². The highest BCUT2D eigenvalue weighted by molar-refractivity contribution is 6.41. The molecule has 1 aliphatic heterocycles. The van der Waals surface area contributed by atoms with Gasteiger partial charge in [0.05, 0.1) is 17.9 Å². The molecule has 0 spiro atoms. The van der Waals surface area contributed by atoms with Crippen LogP contribution in [0.15, 0.2) is 47.6 Å². The van der Waals surface area contributed by atoms with Gasteiger partial charge in [-0.1, -0.05) is 24.3 Å². The Morgan fingerprint density at radius 2 is 2.00 bits per heavy atom. The zero-order valence-corrected chi connectivity index (χ0v) is 13.9. The fourth-order valence-corrected chi connectivity index (χ4v) is 2.73. The Kier molecular flexibility index (Phi) is 5.18. The highest BCUT2D eigenvalue weighted by atomic mass is 16.1. The van der Waals surface area contributed by atoms with Crippen LogP contribution in [-0.4, -0.2) is 28.8 Å². The maximum Gasteiger partial charge on any atom is 0.180 e. The minimum absolute atomic E-state index is 0.00545. The molecular formula is C19H20N4O2. The van der Waals surface area contributed by atoms with E-state index in [1.165, 1.54) is 0 Å². The van der Waals surface area contributed by atoms with Gasteiger partial charge in [0.1, 0.15) is 5.82 Å². The first-order valence-electron chi connectivity index (χ1n) is 8.22. The third-order valence-corrected chi connectivity index (χ3v) is 4.09. The lowest BCUT2D eigenvalue weighted by Crippen LogP contribution is -2.23. The molecule has 2 aromatic rings. The van der Waals surface area contributed by atoms with Gasteiger partial charge in [-0.15, -0.1) is 0 Å². The first kappa shape index (κ1) is 16.8. The number of aromatic nitrogens is 1. The van der Waals surface area contributed by atoms with E-state index in [0.29, 0.717) is 37.3 Å². The van der Waals surface area contributed by atoms with Crippen LogP contribution in [0.4, 0.5) is 11.5 Å². The number of hydrogen-bond donors (Lipinski definition) is 2. The molecule has 1 aliphatic rings. The smallest absolute Gasteiger partial charge is 0.180 e. The van der Waals surface area contributed by atoms with Crippen molar-refractivity contribution in [3.8, 4) is 0 Å². The monoisotopic (exact) mass is 336 g/mol. The van der Waals surface area contributed by atoms with Crippen molar-refractivity contribution >= 4 is 28.8 Å². The highest BCUT2D eigenvalue weighted by Gasteiger charge is 2.18. The SMILES string of the molecule is Nc1ncccc1NCc1cccc(CC(=O)C2=NCC(=O)CC2)c1. The zero-order valence-electron chi connectivity index (χ0n) is 13.9. The summed E-state index contributed by atoms with van der Waals surface area (Å²) in [6.45, 7) is 0.727. The van der Waals surface area contributed by atoms with E-state index in [0.717, 1.165) is 16.8 Å². The van der Waals surface area contributed by atoms with Gasteiger partial charge >= 0.3 is 0 Å². The molecule has 0 aliphatic carbocycles. The zero-order chi connectivity index (χ0) is 17.6. The molecule has 1 aromatic carbocycles. The summed E-state index contributed by atoms with van der Waals surface area (Å²) in [7, 11) is 0. The molecule has 0 amide bonds. The van der Waals surface area contributed by atoms with E-state index in [4.69, 9.17) is 5.73 Å². The van der Waals surface area contributed by atoms with E-state index >= 15 is 0 Å². The lowest BCUT2D eigenvalue weighted by atomic mass is 9.99. The molecule has 6 nitrogen and oxygen atoms in total. The van der Waals surface area contributed by atoms with Crippen LogP contribution in [-0.2, 0) is 22.6 Å². The maximum atomic E-state index is 12.3. The summed E-state index contributed by atoms with van der Waals surface area (Å²) in [5.41, 5.74) is 9.12. The van der Waals surface area contributed by atoms with E-state index in [-0.39, 0.29) is 18.1 Å². The number of pyridine rings is 1. The van der Waals surface area contributed by atoms with E-state index < -0.39 is 0 Å². The Morgan fingerprint density at radius 3 is 2.76 bits per heavy atom. The minimum Gasteiger partial charge on any atom is -0.382 e. The molecular weight excluding hydrogens is 316 g/mol. The van der Waals surface area contributed by atoms with Gasteiger partial charge in [0, 0.05) is 25.6 Å². The van der Waals surface area contributed by atoms with Gasteiger partial charge in [0.25, 0.3) is 0 Å². The number of nitrogens with two attached hydrogens (primary N) is 1. The lowest BCUT2D eigenvalue weighted by Gasteiger charge is -2.11. The molecule has 0 fully saturated rings. The van der Waals surface area contributed by atoms with E-state index in [9.17, 15) is 9.59 Å². The molecule has 0 atom stereocenters. The molecule has 3 N–H and O–H groups in total. The number of rotatable bonds is 6. The second kappa shape index (κ2) is 7.70. The second-order valence-corrected chi connectivity index (χ2v) is 6.01. The third-order valence-electron chi connectivity index (χ3n) is 4.09. The Bertz CT molecular complexity index is 830. The molecule has 25 heavy (non-hydrogen) atoms. The first-order chi connectivity index (χ1) is 12.1. The van der Waals surface area contributed by atoms with Crippen molar-refractivity contribution in [2.24, 2.45) is 4.99 Å². The van der Waals surface area contributed by atoms with E-state index in [1.807, 2.05) is 36.4 Å². The molecule has 0 bridgehead atoms. The third kappa shape index (κ3) is 4.50. The van der Waals surface area contributed by atoms with Gasteiger partial charge < -0.3 is 11.1 Å². The second-order valence-electron chi connectivity index (χ2n) is 6.01. The first-order valence-corrected chi connectivity index (χ1v) is 8.22. The number of anilines is 2. The largest absolute Gasteiger partial charge is 0.382 e. The number of ketones is 2. The minimum atomic E-state index is -0.00545. The van der Waals surface area contributed by atoms with E-state index in [1.54, 1.807) is 6.20 Å². The summed E-state index contributed by atoms with van der Waals surface area (Å²) >= 11 is 0. The van der Waals surface area contributed by atoms with Crippen LogP contribution in [0.1, 0.15) is 24.0 Å². The summed E-state index contributed by atoms with van der Waals surface area (Å²) in [6, 6.07) is 11.5. The lowest BCUT2D eigenvalue weighted by molar-refractivity contribution is -0.117. The molecule has 2 heterocycles. The Morgan fingerprint density at radius 1 is 1.16 bits per heavy atom. The number of hydrogen-bond acceptors (Lipinski definition) is 6. The van der Waals surface area contributed by atoms with Crippen LogP contribution in [0.3, 0.4) is 0 Å². The van der Waals surface area contributed by atoms with Gasteiger partial charge in [-0.3, -0.25) is 14.6 Å². The molecule has 1 aromatic heterocycles. The molecule has 0 saturated heterocycles. The number of nitrogens with one attached hydrogen (secondary N) is 1. The Hall–Kier alpha value is -3.02. The summed E-state index contributed by atoms with van der Waals surface area (Å²) < 4.78 is 0. The van der Waals surface area contributed by atoms with Crippen LogP contribution in [0.5, 0.6) is 0 Å². The molecule has 6 heteroatoms. The number of Topliss-reactive ketones (excluding diaryl/α,β-unsaturated/α-hetero) is 2. The quantitative estimate of drug-likeness (QED) is 0.843. The van der Waals surface area contributed by atoms with Crippen LogP contribution in [0, 0.1) is 0 Å². The predicted molar refractivity (Wildman–Crippen MR) is 97.7 cm³/mol. The van der Waals surface area contributed by atoms with Gasteiger partial charge in [-0.25, -0.2) is 4.98 Å². The van der Waals surface area contributed by atoms with Gasteiger partial charge in [-0.2, -0.15) is 0 Å².